The van der Waals surface area contributed by atoms with Gasteiger partial charge in [0, 0.05) is 6.42 Å². The summed E-state index contributed by atoms with van der Waals surface area (Å²) in [6.45, 7) is 1.78. The van der Waals surface area contributed by atoms with Crippen LogP contribution in [0, 0.1) is 5.92 Å². The van der Waals surface area contributed by atoms with Crippen LogP contribution in [-0.2, 0) is 9.53 Å². The Morgan fingerprint density at radius 1 is 1.59 bits per heavy atom. The number of carbonyl (C=O) groups excluding carboxylic acids is 2. The molecule has 1 fully saturated rings. The Hall–Kier alpha value is -1.40. The van der Waals surface area contributed by atoms with E-state index in [1.807, 2.05) is 0 Å². The van der Waals surface area contributed by atoms with E-state index in [-0.39, 0.29) is 5.91 Å². The van der Waals surface area contributed by atoms with Gasteiger partial charge in [0.05, 0.1) is 12.8 Å². The van der Waals surface area contributed by atoms with Gasteiger partial charge in [0.1, 0.15) is 4.88 Å². The zero-order valence-electron chi connectivity index (χ0n) is 9.49. The Morgan fingerprint density at radius 2 is 2.35 bits per heavy atom. The minimum absolute atomic E-state index is 0.0555. The topological polar surface area (TPSA) is 67.4 Å². The molecule has 1 saturated heterocycles. The van der Waals surface area contributed by atoms with Crippen molar-refractivity contribution >= 4 is 28.9 Å². The summed E-state index contributed by atoms with van der Waals surface area (Å²) >= 11 is 1.26. The molecule has 1 aliphatic rings. The first-order valence-electron chi connectivity index (χ1n) is 5.37. The molecule has 1 aromatic heterocycles. The van der Waals surface area contributed by atoms with Crippen LogP contribution in [-0.4, -0.2) is 32.1 Å². The fourth-order valence-corrected chi connectivity index (χ4v) is 2.38. The molecule has 1 aromatic rings. The van der Waals surface area contributed by atoms with Crippen molar-refractivity contribution in [1.82, 2.24) is 5.32 Å². The second-order valence-electron chi connectivity index (χ2n) is 3.93. The molecular formula is C11H14N2O3S. The van der Waals surface area contributed by atoms with Gasteiger partial charge in [0.25, 0.3) is 0 Å². The first kappa shape index (κ1) is 12.1. The number of hydrogen-bond acceptors (Lipinski definition) is 5. The van der Waals surface area contributed by atoms with Crippen molar-refractivity contribution in [2.24, 2.45) is 5.92 Å². The Balaban J connectivity index is 1.95. The summed E-state index contributed by atoms with van der Waals surface area (Å²) in [5, 5.41) is 7.62. The molecule has 2 rings (SSSR count). The van der Waals surface area contributed by atoms with Gasteiger partial charge in [-0.1, -0.05) is 0 Å². The van der Waals surface area contributed by atoms with Crippen LogP contribution in [0.2, 0.25) is 0 Å². The first-order valence-corrected chi connectivity index (χ1v) is 6.25. The standard InChI is InChI=1S/C11H14N2O3S/c1-16-11(15)10-8(2-3-17-10)13-9(14)4-7-5-12-6-7/h2-3,7,12H,4-6H2,1H3,(H,13,14). The highest BCUT2D eigenvalue weighted by molar-refractivity contribution is 7.12. The normalized spacial score (nSPS) is 15.1. The molecule has 0 spiro atoms. The minimum Gasteiger partial charge on any atom is -0.465 e. The maximum absolute atomic E-state index is 11.7. The third-order valence-corrected chi connectivity index (χ3v) is 3.54. The Labute approximate surface area is 103 Å². The van der Waals surface area contributed by atoms with E-state index in [9.17, 15) is 9.59 Å². The summed E-state index contributed by atoms with van der Waals surface area (Å²) in [6.07, 6.45) is 0.490. The molecule has 0 saturated carbocycles. The number of thiophene rings is 1. The van der Waals surface area contributed by atoms with Crippen molar-refractivity contribution in [3.05, 3.63) is 16.3 Å². The number of nitrogens with one attached hydrogen (secondary N) is 2. The second-order valence-corrected chi connectivity index (χ2v) is 4.85. The molecule has 0 radical (unpaired) electrons. The van der Waals surface area contributed by atoms with Gasteiger partial charge in [-0.3, -0.25) is 4.79 Å². The van der Waals surface area contributed by atoms with Crippen LogP contribution in [0.1, 0.15) is 16.1 Å². The van der Waals surface area contributed by atoms with Crippen molar-refractivity contribution < 1.29 is 14.3 Å². The van der Waals surface area contributed by atoms with E-state index in [1.165, 1.54) is 18.4 Å². The van der Waals surface area contributed by atoms with Crippen molar-refractivity contribution in [2.45, 2.75) is 6.42 Å². The Bertz CT molecular complexity index is 426. The average Bonchev–Trinajstić information content (AvgIpc) is 2.70. The number of hydrogen-bond donors (Lipinski definition) is 2. The fraction of sp³-hybridized carbons (Fsp3) is 0.455. The Morgan fingerprint density at radius 3 is 2.94 bits per heavy atom. The molecule has 0 unspecified atom stereocenters. The molecule has 6 heteroatoms. The highest BCUT2D eigenvalue weighted by atomic mass is 32.1. The predicted octanol–water partition coefficient (Wildman–Crippen LogP) is 1.08. The minimum atomic E-state index is -0.416. The molecule has 1 amide bonds. The van der Waals surface area contributed by atoms with E-state index in [4.69, 9.17) is 0 Å². The molecular weight excluding hydrogens is 240 g/mol. The summed E-state index contributed by atoms with van der Waals surface area (Å²) in [7, 11) is 1.33. The number of anilines is 1. The molecule has 0 aromatic carbocycles. The summed E-state index contributed by atoms with van der Waals surface area (Å²) in [5.74, 6) is -0.0594. The van der Waals surface area contributed by atoms with Gasteiger partial charge < -0.3 is 15.4 Å². The maximum atomic E-state index is 11.7. The van der Waals surface area contributed by atoms with Crippen molar-refractivity contribution in [3.63, 3.8) is 0 Å². The number of carbonyl (C=O) groups is 2. The molecule has 0 aliphatic carbocycles. The third kappa shape index (κ3) is 2.83. The van der Waals surface area contributed by atoms with E-state index in [1.54, 1.807) is 11.4 Å². The van der Waals surface area contributed by atoms with Crippen LogP contribution < -0.4 is 10.6 Å². The van der Waals surface area contributed by atoms with Gasteiger partial charge in [-0.15, -0.1) is 11.3 Å². The highest BCUT2D eigenvalue weighted by Crippen LogP contribution is 2.23. The maximum Gasteiger partial charge on any atom is 0.350 e. The number of ether oxygens (including phenoxy) is 1. The van der Waals surface area contributed by atoms with Crippen LogP contribution >= 0.6 is 11.3 Å². The highest BCUT2D eigenvalue weighted by Gasteiger charge is 2.21. The zero-order chi connectivity index (χ0) is 12.3. The summed E-state index contributed by atoms with van der Waals surface area (Å²) in [5.41, 5.74) is 0.541. The molecule has 5 nitrogen and oxygen atoms in total. The lowest BCUT2D eigenvalue weighted by molar-refractivity contribution is -0.117. The lowest BCUT2D eigenvalue weighted by Gasteiger charge is -2.26. The number of esters is 1. The summed E-state index contributed by atoms with van der Waals surface area (Å²) < 4.78 is 4.64. The van der Waals surface area contributed by atoms with Crippen LogP contribution in [0.15, 0.2) is 11.4 Å². The summed E-state index contributed by atoms with van der Waals surface area (Å²) in [6, 6.07) is 1.72. The molecule has 92 valence electrons. The van der Waals surface area contributed by atoms with Crippen LogP contribution in [0.5, 0.6) is 0 Å². The van der Waals surface area contributed by atoms with Crippen molar-refractivity contribution in [1.29, 1.82) is 0 Å². The Kier molecular flexibility index (Phi) is 3.75. The number of amides is 1. The van der Waals surface area contributed by atoms with Gasteiger partial charge in [-0.05, 0) is 30.5 Å². The fourth-order valence-electron chi connectivity index (χ4n) is 1.61. The van der Waals surface area contributed by atoms with Crippen molar-refractivity contribution in [3.8, 4) is 0 Å². The van der Waals surface area contributed by atoms with Gasteiger partial charge in [-0.2, -0.15) is 0 Å². The second kappa shape index (κ2) is 5.29. The van der Waals surface area contributed by atoms with Crippen LogP contribution in [0.4, 0.5) is 5.69 Å². The van der Waals surface area contributed by atoms with Gasteiger partial charge in [0.15, 0.2) is 0 Å². The van der Waals surface area contributed by atoms with Crippen LogP contribution in [0.25, 0.3) is 0 Å². The zero-order valence-corrected chi connectivity index (χ0v) is 10.3. The van der Waals surface area contributed by atoms with E-state index >= 15 is 0 Å². The predicted molar refractivity (Wildman–Crippen MR) is 65.3 cm³/mol. The van der Waals surface area contributed by atoms with E-state index < -0.39 is 5.97 Å². The van der Waals surface area contributed by atoms with Gasteiger partial charge in [0.2, 0.25) is 5.91 Å². The van der Waals surface area contributed by atoms with Crippen molar-refractivity contribution in [2.75, 3.05) is 25.5 Å². The molecule has 0 bridgehead atoms. The average molecular weight is 254 g/mol. The van der Waals surface area contributed by atoms with Gasteiger partial charge >= 0.3 is 5.97 Å². The molecule has 2 N–H and O–H groups in total. The lowest BCUT2D eigenvalue weighted by atomic mass is 9.99. The molecule has 2 heterocycles. The summed E-state index contributed by atoms with van der Waals surface area (Å²) in [4.78, 5) is 23.5. The quantitative estimate of drug-likeness (QED) is 0.789. The third-order valence-electron chi connectivity index (χ3n) is 2.65. The van der Waals surface area contributed by atoms with Crippen LogP contribution in [0.3, 0.4) is 0 Å². The first-order chi connectivity index (χ1) is 8.20. The number of methoxy groups -OCH3 is 1. The largest absolute Gasteiger partial charge is 0.465 e. The van der Waals surface area contributed by atoms with E-state index in [2.05, 4.69) is 15.4 Å². The smallest absolute Gasteiger partial charge is 0.350 e. The molecule has 17 heavy (non-hydrogen) atoms. The SMILES string of the molecule is COC(=O)c1sccc1NC(=O)CC1CNC1. The monoisotopic (exact) mass is 254 g/mol. The lowest BCUT2D eigenvalue weighted by Crippen LogP contribution is -2.43. The van der Waals surface area contributed by atoms with E-state index in [0.29, 0.717) is 22.9 Å². The molecule has 1 aliphatic heterocycles. The molecule has 0 atom stereocenters. The van der Waals surface area contributed by atoms with E-state index in [0.717, 1.165) is 13.1 Å². The van der Waals surface area contributed by atoms with Gasteiger partial charge in [-0.25, -0.2) is 4.79 Å². The number of rotatable bonds is 4.